The Hall–Kier alpha value is -3.75. The molecule has 0 saturated heterocycles. The van der Waals surface area contributed by atoms with Gasteiger partial charge in [-0.15, -0.1) is 5.10 Å². The van der Waals surface area contributed by atoms with E-state index in [2.05, 4.69) is 20.7 Å². The van der Waals surface area contributed by atoms with E-state index in [0.717, 1.165) is 0 Å². The zero-order valence-corrected chi connectivity index (χ0v) is 19.8. The zero-order chi connectivity index (χ0) is 27.2. The van der Waals surface area contributed by atoms with Gasteiger partial charge in [-0.2, -0.15) is 22.8 Å². The average molecular weight is 544 g/mol. The molecular weight excluding hydrogens is 522 g/mol. The summed E-state index contributed by atoms with van der Waals surface area (Å²) in [7, 11) is 0. The number of urea groups is 1. The number of halogens is 5. The summed E-state index contributed by atoms with van der Waals surface area (Å²) in [5, 5.41) is 36.5. The first-order chi connectivity index (χ1) is 17.5. The maximum atomic E-state index is 13.7. The van der Waals surface area contributed by atoms with Crippen molar-refractivity contribution in [2.45, 2.75) is 18.8 Å². The van der Waals surface area contributed by atoms with E-state index < -0.39 is 36.5 Å². The molecule has 3 aromatic rings. The fraction of sp³-hybridized carbons (Fsp3) is 0.273. The van der Waals surface area contributed by atoms with Gasteiger partial charge in [0.2, 0.25) is 5.95 Å². The van der Waals surface area contributed by atoms with E-state index >= 15 is 0 Å². The van der Waals surface area contributed by atoms with Crippen molar-refractivity contribution < 1.29 is 32.6 Å². The molecule has 2 aromatic carbocycles. The largest absolute Gasteiger partial charge is 0.416 e. The molecular formula is C22H22ClF4N7O3. The SMILES string of the molecule is N=C(c1ccc(Cl)cc1)N(C[C@H](O)C(F)(F)F)C(=O)NCc1nc(NCCO)n(-c2cccc(F)c2)n1. The predicted molar refractivity (Wildman–Crippen MR) is 126 cm³/mol. The minimum Gasteiger partial charge on any atom is -0.395 e. The van der Waals surface area contributed by atoms with Crippen LogP contribution in [0.3, 0.4) is 0 Å². The van der Waals surface area contributed by atoms with E-state index in [0.29, 0.717) is 9.92 Å². The van der Waals surface area contributed by atoms with Gasteiger partial charge in [-0.1, -0.05) is 17.7 Å². The van der Waals surface area contributed by atoms with Crippen LogP contribution in [0.15, 0.2) is 48.5 Å². The summed E-state index contributed by atoms with van der Waals surface area (Å²) in [6, 6.07) is 9.72. The third kappa shape index (κ3) is 7.38. The second kappa shape index (κ2) is 12.0. The van der Waals surface area contributed by atoms with Crippen LogP contribution < -0.4 is 10.6 Å². The molecule has 37 heavy (non-hydrogen) atoms. The number of hydrogen-bond acceptors (Lipinski definition) is 7. The Morgan fingerprint density at radius 2 is 1.92 bits per heavy atom. The molecule has 0 aliphatic heterocycles. The van der Waals surface area contributed by atoms with Gasteiger partial charge < -0.3 is 20.8 Å². The molecule has 0 radical (unpaired) electrons. The highest BCUT2D eigenvalue weighted by molar-refractivity contribution is 6.30. The molecule has 0 aliphatic rings. The third-order valence-electron chi connectivity index (χ3n) is 4.86. The van der Waals surface area contributed by atoms with Crippen molar-refractivity contribution in [3.63, 3.8) is 0 Å². The fourth-order valence-corrected chi connectivity index (χ4v) is 3.19. The van der Waals surface area contributed by atoms with Gasteiger partial charge in [0.25, 0.3) is 0 Å². The van der Waals surface area contributed by atoms with Crippen molar-refractivity contribution in [1.29, 1.82) is 5.41 Å². The number of alkyl halides is 3. The summed E-state index contributed by atoms with van der Waals surface area (Å²) < 4.78 is 54.0. The summed E-state index contributed by atoms with van der Waals surface area (Å²) >= 11 is 5.81. The van der Waals surface area contributed by atoms with E-state index in [4.69, 9.17) is 22.1 Å². The molecule has 0 saturated carbocycles. The fourth-order valence-electron chi connectivity index (χ4n) is 3.07. The number of amidine groups is 1. The van der Waals surface area contributed by atoms with Crippen molar-refractivity contribution in [3.8, 4) is 5.69 Å². The molecule has 0 aliphatic carbocycles. The van der Waals surface area contributed by atoms with Gasteiger partial charge in [-0.05, 0) is 42.5 Å². The van der Waals surface area contributed by atoms with Crippen LogP contribution >= 0.6 is 11.6 Å². The van der Waals surface area contributed by atoms with Crippen molar-refractivity contribution >= 4 is 29.4 Å². The Kier molecular flexibility index (Phi) is 9.02. The molecule has 0 spiro atoms. The van der Waals surface area contributed by atoms with Crippen LogP contribution in [0.1, 0.15) is 11.4 Å². The smallest absolute Gasteiger partial charge is 0.395 e. The molecule has 0 unspecified atom stereocenters. The lowest BCUT2D eigenvalue weighted by Crippen LogP contribution is -2.50. The Morgan fingerprint density at radius 1 is 1.22 bits per heavy atom. The molecule has 15 heteroatoms. The monoisotopic (exact) mass is 543 g/mol. The van der Waals surface area contributed by atoms with Crippen LogP contribution in [0.4, 0.5) is 28.3 Å². The number of carbonyl (C=O) groups excluding carboxylic acids is 1. The van der Waals surface area contributed by atoms with Crippen LogP contribution in [0.2, 0.25) is 5.02 Å². The maximum absolute atomic E-state index is 13.7. The molecule has 198 valence electrons. The number of rotatable bonds is 9. The van der Waals surface area contributed by atoms with Crippen molar-refractivity contribution in [2.75, 3.05) is 25.0 Å². The van der Waals surface area contributed by atoms with Gasteiger partial charge in [-0.25, -0.2) is 9.18 Å². The Morgan fingerprint density at radius 3 is 2.54 bits per heavy atom. The van der Waals surface area contributed by atoms with E-state index in [1.165, 1.54) is 53.2 Å². The normalized spacial score (nSPS) is 12.2. The van der Waals surface area contributed by atoms with E-state index in [9.17, 15) is 27.5 Å². The number of amides is 2. The summed E-state index contributed by atoms with van der Waals surface area (Å²) in [6.07, 6.45) is -7.94. The number of nitrogens with zero attached hydrogens (tertiary/aromatic N) is 4. The number of anilines is 1. The zero-order valence-electron chi connectivity index (χ0n) is 19.0. The molecule has 10 nitrogen and oxygen atoms in total. The molecule has 0 bridgehead atoms. The Balaban J connectivity index is 1.82. The van der Waals surface area contributed by atoms with Crippen LogP contribution in [-0.2, 0) is 6.54 Å². The van der Waals surface area contributed by atoms with Gasteiger partial charge in [0.1, 0.15) is 11.7 Å². The molecule has 1 heterocycles. The summed E-state index contributed by atoms with van der Waals surface area (Å²) in [5.41, 5.74) is 0.364. The molecule has 1 aromatic heterocycles. The first-order valence-corrected chi connectivity index (χ1v) is 11.1. The van der Waals surface area contributed by atoms with Crippen LogP contribution in [-0.4, -0.2) is 73.7 Å². The lowest BCUT2D eigenvalue weighted by Gasteiger charge is -2.26. The van der Waals surface area contributed by atoms with Crippen molar-refractivity contribution in [2.24, 2.45) is 0 Å². The van der Waals surface area contributed by atoms with E-state index in [1.54, 1.807) is 0 Å². The quantitative estimate of drug-likeness (QED) is 0.160. The van der Waals surface area contributed by atoms with Crippen LogP contribution in [0.25, 0.3) is 5.69 Å². The maximum Gasteiger partial charge on any atom is 0.416 e. The summed E-state index contributed by atoms with van der Waals surface area (Å²) in [5.74, 6) is -1.05. The van der Waals surface area contributed by atoms with Gasteiger partial charge >= 0.3 is 12.2 Å². The van der Waals surface area contributed by atoms with Crippen LogP contribution in [0.5, 0.6) is 0 Å². The van der Waals surface area contributed by atoms with Crippen molar-refractivity contribution in [3.05, 3.63) is 70.8 Å². The predicted octanol–water partition coefficient (Wildman–Crippen LogP) is 2.92. The minimum atomic E-state index is -5.03. The summed E-state index contributed by atoms with van der Waals surface area (Å²) in [4.78, 5) is 17.4. The number of carbonyl (C=O) groups is 1. The second-order valence-electron chi connectivity index (χ2n) is 7.58. The standard InChI is InChI=1S/C22H22ClF4N7O3/c23-14-6-4-13(5-7-14)19(28)33(12-17(36)22(25,26)27)21(37)30-11-18-31-20(29-8-9-35)34(32-18)16-3-1-2-15(24)10-16/h1-7,10,17,28,35-36H,8-9,11-12H2,(H,30,37)(H,29,31,32)/t17-/m0/s1. The first-order valence-electron chi connectivity index (χ1n) is 10.7. The topological polar surface area (TPSA) is 139 Å². The molecule has 5 N–H and O–H groups in total. The van der Waals surface area contributed by atoms with Crippen molar-refractivity contribution in [1.82, 2.24) is 25.0 Å². The number of aliphatic hydroxyl groups is 2. The van der Waals surface area contributed by atoms with Gasteiger partial charge in [0.05, 0.1) is 25.4 Å². The van der Waals surface area contributed by atoms with Gasteiger partial charge in [0, 0.05) is 17.1 Å². The van der Waals surface area contributed by atoms with Gasteiger partial charge in [0.15, 0.2) is 11.9 Å². The number of nitrogens with one attached hydrogen (secondary N) is 3. The number of aromatic nitrogens is 3. The molecule has 1 atom stereocenters. The lowest BCUT2D eigenvalue weighted by atomic mass is 10.2. The van der Waals surface area contributed by atoms with Gasteiger partial charge in [-0.3, -0.25) is 10.3 Å². The first kappa shape index (κ1) is 27.8. The molecule has 2 amide bonds. The Labute approximate surface area is 213 Å². The van der Waals surface area contributed by atoms with E-state index in [-0.39, 0.29) is 42.7 Å². The second-order valence-corrected chi connectivity index (χ2v) is 8.01. The highest BCUT2D eigenvalue weighted by Gasteiger charge is 2.41. The summed E-state index contributed by atoms with van der Waals surface area (Å²) in [6.45, 7) is -1.79. The Bertz CT molecular complexity index is 1240. The third-order valence-corrected chi connectivity index (χ3v) is 5.11. The number of aliphatic hydroxyl groups excluding tert-OH is 2. The average Bonchev–Trinajstić information content (AvgIpc) is 3.27. The highest BCUT2D eigenvalue weighted by Crippen LogP contribution is 2.22. The number of hydrogen-bond donors (Lipinski definition) is 5. The number of benzene rings is 2. The van der Waals surface area contributed by atoms with E-state index in [1.807, 2.05) is 0 Å². The lowest BCUT2D eigenvalue weighted by molar-refractivity contribution is -0.204. The molecule has 0 fully saturated rings. The molecule has 3 rings (SSSR count). The minimum absolute atomic E-state index is 0.00704. The highest BCUT2D eigenvalue weighted by atomic mass is 35.5. The van der Waals surface area contributed by atoms with Crippen LogP contribution in [0, 0.1) is 11.2 Å².